The SMILES string of the molecule is FCCCc1ccc(C2(CCCCBr)CCCCC2)cc1. The molecule has 118 valence electrons. The van der Waals surface area contributed by atoms with Crippen molar-refractivity contribution >= 4 is 15.9 Å². The Labute approximate surface area is 137 Å². The minimum atomic E-state index is -0.210. The Morgan fingerprint density at radius 3 is 2.29 bits per heavy atom. The number of alkyl halides is 2. The summed E-state index contributed by atoms with van der Waals surface area (Å²) in [5.74, 6) is 0. The van der Waals surface area contributed by atoms with E-state index in [2.05, 4.69) is 40.2 Å². The first-order valence-electron chi connectivity index (χ1n) is 8.52. The third kappa shape index (κ3) is 4.81. The average molecular weight is 355 g/mol. The summed E-state index contributed by atoms with van der Waals surface area (Å²) in [7, 11) is 0. The Kier molecular flexibility index (Phi) is 7.22. The number of hydrogen-bond donors (Lipinski definition) is 0. The van der Waals surface area contributed by atoms with Crippen LogP contribution in [-0.2, 0) is 11.8 Å². The van der Waals surface area contributed by atoms with Crippen LogP contribution < -0.4 is 0 Å². The lowest BCUT2D eigenvalue weighted by atomic mass is 9.66. The monoisotopic (exact) mass is 354 g/mol. The van der Waals surface area contributed by atoms with Gasteiger partial charge in [0, 0.05) is 5.33 Å². The smallest absolute Gasteiger partial charge is 0.0897 e. The van der Waals surface area contributed by atoms with Crippen LogP contribution in [0.3, 0.4) is 0 Å². The van der Waals surface area contributed by atoms with Crippen LogP contribution >= 0.6 is 15.9 Å². The Morgan fingerprint density at radius 2 is 1.67 bits per heavy atom. The van der Waals surface area contributed by atoms with Gasteiger partial charge in [0.05, 0.1) is 6.67 Å². The number of hydrogen-bond acceptors (Lipinski definition) is 0. The van der Waals surface area contributed by atoms with Gasteiger partial charge in [-0.25, -0.2) is 0 Å². The fourth-order valence-corrected chi connectivity index (χ4v) is 4.16. The maximum Gasteiger partial charge on any atom is 0.0897 e. The van der Waals surface area contributed by atoms with Crippen LogP contribution in [0.2, 0.25) is 0 Å². The molecule has 0 aromatic heterocycles. The molecule has 1 aromatic rings. The molecule has 0 nitrogen and oxygen atoms in total. The van der Waals surface area contributed by atoms with Crippen molar-refractivity contribution in [2.45, 2.75) is 69.6 Å². The van der Waals surface area contributed by atoms with Gasteiger partial charge in [0.25, 0.3) is 0 Å². The van der Waals surface area contributed by atoms with E-state index in [1.54, 1.807) is 0 Å². The van der Waals surface area contributed by atoms with Gasteiger partial charge in [-0.2, -0.15) is 0 Å². The van der Waals surface area contributed by atoms with Gasteiger partial charge in [0.2, 0.25) is 0 Å². The molecule has 1 aliphatic carbocycles. The number of halogens is 2. The van der Waals surface area contributed by atoms with Gasteiger partial charge in [-0.3, -0.25) is 4.39 Å². The molecule has 2 heteroatoms. The molecule has 0 bridgehead atoms. The number of unbranched alkanes of at least 4 members (excludes halogenated alkanes) is 1. The maximum absolute atomic E-state index is 12.3. The Balaban J connectivity index is 2.08. The lowest BCUT2D eigenvalue weighted by Gasteiger charge is -2.38. The molecule has 21 heavy (non-hydrogen) atoms. The highest BCUT2D eigenvalue weighted by Gasteiger charge is 2.32. The summed E-state index contributed by atoms with van der Waals surface area (Å²) < 4.78 is 12.3. The minimum absolute atomic E-state index is 0.210. The first-order valence-corrected chi connectivity index (χ1v) is 9.64. The van der Waals surface area contributed by atoms with Crippen LogP contribution in [0.4, 0.5) is 4.39 Å². The molecule has 1 aliphatic rings. The average Bonchev–Trinajstić information content (AvgIpc) is 2.54. The molecule has 0 heterocycles. The molecular weight excluding hydrogens is 327 g/mol. The second-order valence-corrected chi connectivity index (χ2v) is 7.27. The Bertz CT molecular complexity index is 393. The van der Waals surface area contributed by atoms with Crippen LogP contribution in [0, 0.1) is 0 Å². The van der Waals surface area contributed by atoms with Gasteiger partial charge in [-0.05, 0) is 55.1 Å². The van der Waals surface area contributed by atoms with E-state index >= 15 is 0 Å². The van der Waals surface area contributed by atoms with E-state index < -0.39 is 0 Å². The predicted molar refractivity (Wildman–Crippen MR) is 93.1 cm³/mol. The Morgan fingerprint density at radius 1 is 0.952 bits per heavy atom. The van der Waals surface area contributed by atoms with Crippen molar-refractivity contribution in [3.63, 3.8) is 0 Å². The molecule has 0 spiro atoms. The molecule has 2 rings (SSSR count). The zero-order valence-corrected chi connectivity index (χ0v) is 14.6. The summed E-state index contributed by atoms with van der Waals surface area (Å²) in [5, 5.41) is 1.12. The first kappa shape index (κ1) is 17.0. The fraction of sp³-hybridized carbons (Fsp3) is 0.684. The summed E-state index contributed by atoms with van der Waals surface area (Å²) >= 11 is 3.55. The van der Waals surface area contributed by atoms with E-state index in [-0.39, 0.29) is 6.67 Å². The number of rotatable bonds is 8. The lowest BCUT2D eigenvalue weighted by Crippen LogP contribution is -2.29. The van der Waals surface area contributed by atoms with Crippen LogP contribution in [0.25, 0.3) is 0 Å². The maximum atomic E-state index is 12.3. The summed E-state index contributed by atoms with van der Waals surface area (Å²) in [6.07, 6.45) is 12.3. The second-order valence-electron chi connectivity index (χ2n) is 6.48. The normalized spacial score (nSPS) is 17.8. The zero-order chi connectivity index (χ0) is 15.0. The molecule has 1 aromatic carbocycles. The molecule has 1 saturated carbocycles. The standard InChI is InChI=1S/C19H28BrF/c20-15-5-4-14-19(12-2-1-3-13-19)18-10-8-17(9-11-18)7-6-16-21/h8-11H,1-7,12-16H2. The van der Waals surface area contributed by atoms with Crippen molar-refractivity contribution in [3.8, 4) is 0 Å². The fourth-order valence-electron chi connectivity index (χ4n) is 3.77. The first-order chi connectivity index (χ1) is 10.3. The van der Waals surface area contributed by atoms with E-state index in [9.17, 15) is 4.39 Å². The van der Waals surface area contributed by atoms with E-state index in [0.717, 1.165) is 11.8 Å². The molecule has 0 atom stereocenters. The predicted octanol–water partition coefficient (Wildman–Crippen LogP) is 6.36. The van der Waals surface area contributed by atoms with Crippen LogP contribution in [-0.4, -0.2) is 12.0 Å². The zero-order valence-electron chi connectivity index (χ0n) is 13.1. The van der Waals surface area contributed by atoms with Crippen LogP contribution in [0.15, 0.2) is 24.3 Å². The molecule has 1 fully saturated rings. The number of aryl methyl sites for hydroxylation is 1. The van der Waals surface area contributed by atoms with Crippen molar-refractivity contribution in [2.24, 2.45) is 0 Å². The van der Waals surface area contributed by atoms with Crippen molar-refractivity contribution in [2.75, 3.05) is 12.0 Å². The second kappa shape index (κ2) is 8.92. The van der Waals surface area contributed by atoms with E-state index in [1.807, 2.05) is 0 Å². The van der Waals surface area contributed by atoms with Gasteiger partial charge in [-0.15, -0.1) is 0 Å². The third-order valence-electron chi connectivity index (χ3n) is 5.02. The molecule has 0 N–H and O–H groups in total. The molecular formula is C19H28BrF. The van der Waals surface area contributed by atoms with Crippen molar-refractivity contribution in [1.82, 2.24) is 0 Å². The third-order valence-corrected chi connectivity index (χ3v) is 5.58. The highest BCUT2D eigenvalue weighted by molar-refractivity contribution is 9.09. The van der Waals surface area contributed by atoms with Crippen molar-refractivity contribution in [1.29, 1.82) is 0 Å². The Hall–Kier alpha value is -0.370. The largest absolute Gasteiger partial charge is 0.251 e. The van der Waals surface area contributed by atoms with Crippen LogP contribution in [0.5, 0.6) is 0 Å². The van der Waals surface area contributed by atoms with Gasteiger partial charge >= 0.3 is 0 Å². The van der Waals surface area contributed by atoms with Gasteiger partial charge < -0.3 is 0 Å². The van der Waals surface area contributed by atoms with Gasteiger partial charge in [-0.1, -0.05) is 65.9 Å². The molecule has 0 unspecified atom stereocenters. The summed E-state index contributed by atoms with van der Waals surface area (Å²) in [6, 6.07) is 9.11. The van der Waals surface area contributed by atoms with E-state index in [4.69, 9.17) is 0 Å². The minimum Gasteiger partial charge on any atom is -0.251 e. The van der Waals surface area contributed by atoms with Crippen LogP contribution in [0.1, 0.15) is 68.9 Å². The van der Waals surface area contributed by atoms with E-state index in [0.29, 0.717) is 11.8 Å². The molecule has 0 amide bonds. The number of benzene rings is 1. The highest BCUT2D eigenvalue weighted by Crippen LogP contribution is 2.43. The summed E-state index contributed by atoms with van der Waals surface area (Å²) in [4.78, 5) is 0. The summed E-state index contributed by atoms with van der Waals surface area (Å²) in [6.45, 7) is -0.210. The highest BCUT2D eigenvalue weighted by atomic mass is 79.9. The van der Waals surface area contributed by atoms with Gasteiger partial charge in [0.15, 0.2) is 0 Å². The molecule has 0 aliphatic heterocycles. The van der Waals surface area contributed by atoms with Gasteiger partial charge in [0.1, 0.15) is 0 Å². The van der Waals surface area contributed by atoms with Crippen molar-refractivity contribution < 1.29 is 4.39 Å². The molecule has 0 saturated heterocycles. The summed E-state index contributed by atoms with van der Waals surface area (Å²) in [5.41, 5.74) is 3.22. The quantitative estimate of drug-likeness (QED) is 0.376. The van der Waals surface area contributed by atoms with Crippen molar-refractivity contribution in [3.05, 3.63) is 35.4 Å². The molecule has 0 radical (unpaired) electrons. The lowest BCUT2D eigenvalue weighted by molar-refractivity contribution is 0.268. The topological polar surface area (TPSA) is 0 Å². The van der Waals surface area contributed by atoms with E-state index in [1.165, 1.54) is 62.5 Å².